The van der Waals surface area contributed by atoms with E-state index in [1.807, 2.05) is 0 Å². The van der Waals surface area contributed by atoms with E-state index in [2.05, 4.69) is 6.92 Å². The lowest BCUT2D eigenvalue weighted by atomic mass is 9.77. The summed E-state index contributed by atoms with van der Waals surface area (Å²) in [5.41, 5.74) is 5.66. The number of nitrogens with two attached hydrogens (primary N) is 1. The zero-order chi connectivity index (χ0) is 14.8. The van der Waals surface area contributed by atoms with Crippen molar-refractivity contribution in [3.8, 4) is 0 Å². The third kappa shape index (κ3) is 6.06. The first kappa shape index (κ1) is 17.9. The van der Waals surface area contributed by atoms with Crippen molar-refractivity contribution in [1.82, 2.24) is 0 Å². The fourth-order valence-corrected chi connectivity index (χ4v) is 2.70. The van der Waals surface area contributed by atoms with Crippen molar-refractivity contribution >= 4 is 0 Å². The summed E-state index contributed by atoms with van der Waals surface area (Å²) in [7, 11) is 1.63. The van der Waals surface area contributed by atoms with E-state index >= 15 is 0 Å². The fourth-order valence-electron chi connectivity index (χ4n) is 2.70. The number of rotatable bonds is 10. The van der Waals surface area contributed by atoms with Gasteiger partial charge in [0.25, 0.3) is 0 Å². The van der Waals surface area contributed by atoms with Crippen LogP contribution in [0.4, 0.5) is 0 Å². The third-order valence-electron chi connectivity index (χ3n) is 4.29. The van der Waals surface area contributed by atoms with E-state index in [-0.39, 0.29) is 12.2 Å². The molecule has 1 unspecified atom stereocenters. The number of aliphatic hydroxyl groups excluding tert-OH is 1. The molecular weight excluding hydrogens is 258 g/mol. The average Bonchev–Trinajstić information content (AvgIpc) is 2.50. The van der Waals surface area contributed by atoms with Crippen molar-refractivity contribution in [2.24, 2.45) is 11.7 Å². The first-order valence-corrected chi connectivity index (χ1v) is 7.74. The summed E-state index contributed by atoms with van der Waals surface area (Å²) in [5.74, 6) is 0.806. The Balaban J connectivity index is 2.23. The molecule has 1 aliphatic carbocycles. The van der Waals surface area contributed by atoms with E-state index in [1.54, 1.807) is 7.11 Å². The summed E-state index contributed by atoms with van der Waals surface area (Å²) >= 11 is 0. The second-order valence-electron chi connectivity index (χ2n) is 5.77. The molecule has 0 amide bonds. The van der Waals surface area contributed by atoms with Crippen LogP contribution in [0, 0.1) is 5.92 Å². The Morgan fingerprint density at radius 1 is 1.25 bits per heavy atom. The Labute approximate surface area is 122 Å². The maximum Gasteiger partial charge on any atom is 0.101 e. The van der Waals surface area contributed by atoms with Gasteiger partial charge in [-0.1, -0.05) is 13.3 Å². The number of ether oxygens (including phenoxy) is 3. The molecule has 1 atom stereocenters. The van der Waals surface area contributed by atoms with Crippen molar-refractivity contribution in [3.63, 3.8) is 0 Å². The Morgan fingerprint density at radius 2 is 1.95 bits per heavy atom. The normalized spacial score (nSPS) is 28.5. The predicted molar refractivity (Wildman–Crippen MR) is 78.7 cm³/mol. The van der Waals surface area contributed by atoms with Crippen molar-refractivity contribution in [2.75, 3.05) is 40.1 Å². The number of hydrogen-bond donors (Lipinski definition) is 2. The molecule has 0 radical (unpaired) electrons. The summed E-state index contributed by atoms with van der Waals surface area (Å²) in [4.78, 5) is 0. The van der Waals surface area contributed by atoms with Crippen LogP contribution in [-0.2, 0) is 14.2 Å². The molecule has 5 nitrogen and oxygen atoms in total. The summed E-state index contributed by atoms with van der Waals surface area (Å²) < 4.78 is 16.1. The van der Waals surface area contributed by atoms with Crippen molar-refractivity contribution in [2.45, 2.75) is 50.7 Å². The van der Waals surface area contributed by atoms with Gasteiger partial charge in [-0.05, 0) is 31.6 Å². The molecular formula is C15H31NO4. The molecule has 1 rings (SSSR count). The second-order valence-corrected chi connectivity index (χ2v) is 5.77. The monoisotopic (exact) mass is 289 g/mol. The van der Waals surface area contributed by atoms with Crippen LogP contribution in [0.5, 0.6) is 0 Å². The molecule has 0 aromatic carbocycles. The zero-order valence-electron chi connectivity index (χ0n) is 13.0. The zero-order valence-corrected chi connectivity index (χ0v) is 13.0. The Hall–Kier alpha value is -0.200. The van der Waals surface area contributed by atoms with Crippen LogP contribution in [0.1, 0.15) is 39.0 Å². The van der Waals surface area contributed by atoms with Crippen molar-refractivity contribution in [3.05, 3.63) is 0 Å². The van der Waals surface area contributed by atoms with Gasteiger partial charge in [-0.25, -0.2) is 0 Å². The van der Waals surface area contributed by atoms with Gasteiger partial charge in [0.1, 0.15) is 6.10 Å². The van der Waals surface area contributed by atoms with Gasteiger partial charge in [-0.3, -0.25) is 0 Å². The van der Waals surface area contributed by atoms with E-state index in [9.17, 15) is 5.11 Å². The lowest BCUT2D eigenvalue weighted by Gasteiger charge is -2.39. The first-order valence-electron chi connectivity index (χ1n) is 7.74. The molecule has 0 aliphatic heterocycles. The highest BCUT2D eigenvalue weighted by Gasteiger charge is 2.35. The number of hydrogen-bond acceptors (Lipinski definition) is 5. The smallest absolute Gasteiger partial charge is 0.101 e. The summed E-state index contributed by atoms with van der Waals surface area (Å²) in [6, 6.07) is 0. The van der Waals surface area contributed by atoms with Crippen LogP contribution >= 0.6 is 0 Å². The minimum atomic E-state index is -0.598. The SMILES string of the molecule is CCC1CCC(CN)(OCC(O)COCCOC)CC1. The first-order chi connectivity index (χ1) is 9.65. The molecule has 0 aromatic heterocycles. The van der Waals surface area contributed by atoms with Gasteiger partial charge in [0.05, 0.1) is 32.0 Å². The Bertz CT molecular complexity index is 242. The van der Waals surface area contributed by atoms with Gasteiger partial charge in [-0.2, -0.15) is 0 Å². The van der Waals surface area contributed by atoms with Gasteiger partial charge in [0.15, 0.2) is 0 Å². The minimum Gasteiger partial charge on any atom is -0.388 e. The maximum absolute atomic E-state index is 9.86. The van der Waals surface area contributed by atoms with Crippen LogP contribution < -0.4 is 5.73 Å². The number of aliphatic hydroxyl groups is 1. The highest BCUT2D eigenvalue weighted by molar-refractivity contribution is 4.88. The minimum absolute atomic E-state index is 0.237. The largest absolute Gasteiger partial charge is 0.388 e. The molecule has 1 fully saturated rings. The fraction of sp³-hybridized carbons (Fsp3) is 1.00. The quantitative estimate of drug-likeness (QED) is 0.593. The number of methoxy groups -OCH3 is 1. The molecule has 5 heteroatoms. The third-order valence-corrected chi connectivity index (χ3v) is 4.29. The molecule has 120 valence electrons. The molecule has 3 N–H and O–H groups in total. The molecule has 0 bridgehead atoms. The molecule has 0 spiro atoms. The highest BCUT2D eigenvalue weighted by Crippen LogP contribution is 2.35. The van der Waals surface area contributed by atoms with Crippen LogP contribution in [0.3, 0.4) is 0 Å². The van der Waals surface area contributed by atoms with Crippen LogP contribution in [0.2, 0.25) is 0 Å². The van der Waals surface area contributed by atoms with E-state index in [0.717, 1.165) is 18.8 Å². The van der Waals surface area contributed by atoms with Crippen LogP contribution in [0.15, 0.2) is 0 Å². The van der Waals surface area contributed by atoms with Gasteiger partial charge in [-0.15, -0.1) is 0 Å². The second kappa shape index (κ2) is 9.68. The summed E-state index contributed by atoms with van der Waals surface area (Å²) in [6.45, 7) is 4.37. The van der Waals surface area contributed by atoms with Gasteiger partial charge in [0.2, 0.25) is 0 Å². The lowest BCUT2D eigenvalue weighted by molar-refractivity contribution is -0.112. The topological polar surface area (TPSA) is 73.9 Å². The molecule has 0 saturated heterocycles. The predicted octanol–water partition coefficient (Wildman–Crippen LogP) is 1.32. The van der Waals surface area contributed by atoms with Crippen molar-refractivity contribution < 1.29 is 19.3 Å². The molecule has 1 saturated carbocycles. The average molecular weight is 289 g/mol. The van der Waals surface area contributed by atoms with E-state index in [1.165, 1.54) is 19.3 Å². The standard InChI is InChI=1S/C15H31NO4/c1-3-13-4-6-15(12-16,7-5-13)20-11-14(17)10-19-9-8-18-2/h13-14,17H,3-12,16H2,1-2H3. The lowest BCUT2D eigenvalue weighted by Crippen LogP contribution is -2.45. The van der Waals surface area contributed by atoms with Gasteiger partial charge >= 0.3 is 0 Å². The van der Waals surface area contributed by atoms with E-state index in [4.69, 9.17) is 19.9 Å². The molecule has 0 heterocycles. The molecule has 0 aromatic rings. The van der Waals surface area contributed by atoms with E-state index < -0.39 is 6.10 Å². The molecule has 20 heavy (non-hydrogen) atoms. The maximum atomic E-state index is 9.86. The highest BCUT2D eigenvalue weighted by atomic mass is 16.5. The Morgan fingerprint density at radius 3 is 2.50 bits per heavy atom. The summed E-state index contributed by atoms with van der Waals surface area (Å²) in [5, 5.41) is 9.86. The van der Waals surface area contributed by atoms with E-state index in [0.29, 0.717) is 26.4 Å². The van der Waals surface area contributed by atoms with Crippen molar-refractivity contribution in [1.29, 1.82) is 0 Å². The van der Waals surface area contributed by atoms with Crippen LogP contribution in [-0.4, -0.2) is 56.9 Å². The van der Waals surface area contributed by atoms with Gasteiger partial charge < -0.3 is 25.1 Å². The van der Waals surface area contributed by atoms with Crippen LogP contribution in [0.25, 0.3) is 0 Å². The Kier molecular flexibility index (Phi) is 8.64. The molecule has 1 aliphatic rings. The summed E-state index contributed by atoms with van der Waals surface area (Å²) in [6.07, 6.45) is 4.98. The van der Waals surface area contributed by atoms with Gasteiger partial charge in [0, 0.05) is 13.7 Å².